The molecule has 3 heterocycles. The summed E-state index contributed by atoms with van der Waals surface area (Å²) >= 11 is 0. The number of aromatic nitrogens is 3. The van der Waals surface area contributed by atoms with Gasteiger partial charge in [0.2, 0.25) is 5.91 Å². The van der Waals surface area contributed by atoms with Crippen molar-refractivity contribution in [2.24, 2.45) is 5.92 Å². The smallest absolute Gasteiger partial charge is 0.224 e. The lowest BCUT2D eigenvalue weighted by Crippen LogP contribution is -2.30. The second kappa shape index (κ2) is 7.13. The third-order valence-corrected chi connectivity index (χ3v) is 4.65. The number of carbonyl (C=O) groups is 1. The van der Waals surface area contributed by atoms with Crippen molar-refractivity contribution < 1.29 is 9.90 Å². The molecule has 0 spiro atoms. The summed E-state index contributed by atoms with van der Waals surface area (Å²) in [5.41, 5.74) is 3.18. The molecule has 1 saturated heterocycles. The summed E-state index contributed by atoms with van der Waals surface area (Å²) in [5, 5.41) is 14.7. The highest BCUT2D eigenvalue weighted by Gasteiger charge is 2.33. The molecule has 2 atom stereocenters. The van der Waals surface area contributed by atoms with Gasteiger partial charge < -0.3 is 10.0 Å². The molecule has 0 aromatic carbocycles. The fraction of sp³-hybridized carbons (Fsp3) is 0.500. The van der Waals surface area contributed by atoms with Gasteiger partial charge in [-0.05, 0) is 44.0 Å². The topological polar surface area (TPSA) is 71.2 Å². The van der Waals surface area contributed by atoms with E-state index >= 15 is 0 Å². The Morgan fingerprint density at radius 3 is 2.71 bits per heavy atom. The first-order chi connectivity index (χ1) is 11.5. The molecule has 0 radical (unpaired) electrons. The zero-order chi connectivity index (χ0) is 17.1. The van der Waals surface area contributed by atoms with Gasteiger partial charge in [-0.3, -0.25) is 14.5 Å². The van der Waals surface area contributed by atoms with Crippen LogP contribution < -0.4 is 0 Å². The molecular formula is C18H24N4O2. The standard InChI is InChI=1S/C18H24N4O2/c1-13-9-14(2)22(20-13)8-5-18(24)21-11-16(17(23)12-21)10-15-3-6-19-7-4-15/h3-4,6-7,9,16-17,23H,5,8,10-12H2,1-2H3/t16-,17-/m1/s1. The SMILES string of the molecule is Cc1cc(C)n(CCC(=O)N2C[C@@H](Cc3ccncc3)[C@H](O)C2)n1. The number of carbonyl (C=O) groups excluding carboxylic acids is 1. The van der Waals surface area contributed by atoms with E-state index < -0.39 is 6.10 Å². The zero-order valence-electron chi connectivity index (χ0n) is 14.2. The molecule has 3 rings (SSSR count). The number of aliphatic hydroxyl groups is 1. The number of β-amino-alcohol motifs (C(OH)–C–C–N with tert-alkyl or cyclic N) is 1. The highest BCUT2D eigenvalue weighted by atomic mass is 16.3. The average Bonchev–Trinajstić information content (AvgIpc) is 3.08. The first-order valence-electron chi connectivity index (χ1n) is 8.38. The third-order valence-electron chi connectivity index (χ3n) is 4.65. The van der Waals surface area contributed by atoms with Gasteiger partial charge >= 0.3 is 0 Å². The second-order valence-corrected chi connectivity index (χ2v) is 6.59. The first kappa shape index (κ1) is 16.6. The van der Waals surface area contributed by atoms with Gasteiger partial charge in [-0.15, -0.1) is 0 Å². The fourth-order valence-electron chi connectivity index (χ4n) is 3.34. The Hall–Kier alpha value is -2.21. The molecule has 128 valence electrons. The molecule has 1 aliphatic rings. The molecule has 2 aromatic rings. The van der Waals surface area contributed by atoms with Crippen molar-refractivity contribution in [2.45, 2.75) is 39.3 Å². The summed E-state index contributed by atoms with van der Waals surface area (Å²) in [4.78, 5) is 18.2. The molecule has 2 aromatic heterocycles. The van der Waals surface area contributed by atoms with Crippen LogP contribution in [0.15, 0.2) is 30.6 Å². The number of hydrogen-bond donors (Lipinski definition) is 1. The molecule has 0 saturated carbocycles. The van der Waals surface area contributed by atoms with Gasteiger partial charge in [0, 0.05) is 50.1 Å². The van der Waals surface area contributed by atoms with E-state index in [1.165, 1.54) is 0 Å². The Kier molecular flexibility index (Phi) is 4.94. The molecule has 0 bridgehead atoms. The van der Waals surface area contributed by atoms with Crippen LogP contribution in [0.4, 0.5) is 0 Å². The molecule has 1 fully saturated rings. The van der Waals surface area contributed by atoms with Crippen LogP contribution in [0, 0.1) is 19.8 Å². The van der Waals surface area contributed by atoms with E-state index in [1.807, 2.05) is 36.7 Å². The Morgan fingerprint density at radius 2 is 2.04 bits per heavy atom. The summed E-state index contributed by atoms with van der Waals surface area (Å²) in [6.07, 6.45) is 4.24. The van der Waals surface area contributed by atoms with Crippen LogP contribution in [-0.2, 0) is 17.8 Å². The lowest BCUT2D eigenvalue weighted by atomic mass is 9.97. The molecule has 6 nitrogen and oxygen atoms in total. The Labute approximate surface area is 142 Å². The molecule has 1 amide bonds. The van der Waals surface area contributed by atoms with Crippen LogP contribution in [0.25, 0.3) is 0 Å². The zero-order valence-corrected chi connectivity index (χ0v) is 14.2. The van der Waals surface area contributed by atoms with Crippen molar-refractivity contribution in [3.05, 3.63) is 47.5 Å². The lowest BCUT2D eigenvalue weighted by Gasteiger charge is -2.16. The van der Waals surface area contributed by atoms with Crippen molar-refractivity contribution >= 4 is 5.91 Å². The van der Waals surface area contributed by atoms with Crippen molar-refractivity contribution in [2.75, 3.05) is 13.1 Å². The summed E-state index contributed by atoms with van der Waals surface area (Å²) in [5.74, 6) is 0.170. The number of amides is 1. The minimum absolute atomic E-state index is 0.0823. The highest BCUT2D eigenvalue weighted by Crippen LogP contribution is 2.22. The molecule has 24 heavy (non-hydrogen) atoms. The van der Waals surface area contributed by atoms with Crippen LogP contribution in [0.3, 0.4) is 0 Å². The van der Waals surface area contributed by atoms with Crippen molar-refractivity contribution in [3.63, 3.8) is 0 Å². The van der Waals surface area contributed by atoms with Gasteiger partial charge in [0.1, 0.15) is 0 Å². The molecule has 0 aliphatic carbocycles. The van der Waals surface area contributed by atoms with E-state index in [2.05, 4.69) is 10.1 Å². The van der Waals surface area contributed by atoms with E-state index in [-0.39, 0.29) is 11.8 Å². The maximum Gasteiger partial charge on any atom is 0.224 e. The quantitative estimate of drug-likeness (QED) is 0.899. The van der Waals surface area contributed by atoms with Crippen LogP contribution >= 0.6 is 0 Å². The molecule has 6 heteroatoms. The average molecular weight is 328 g/mol. The van der Waals surface area contributed by atoms with Gasteiger partial charge in [-0.2, -0.15) is 5.10 Å². The number of hydrogen-bond acceptors (Lipinski definition) is 4. The van der Waals surface area contributed by atoms with Gasteiger partial charge in [-0.25, -0.2) is 0 Å². The van der Waals surface area contributed by atoms with E-state index in [4.69, 9.17) is 0 Å². The maximum atomic E-state index is 12.4. The second-order valence-electron chi connectivity index (χ2n) is 6.59. The number of nitrogens with zero attached hydrogens (tertiary/aromatic N) is 4. The number of rotatable bonds is 5. The Balaban J connectivity index is 1.54. The summed E-state index contributed by atoms with van der Waals surface area (Å²) in [6.45, 7) is 5.56. The van der Waals surface area contributed by atoms with Crippen LogP contribution in [0.1, 0.15) is 23.4 Å². The molecule has 1 N–H and O–H groups in total. The van der Waals surface area contributed by atoms with Gasteiger partial charge in [0.05, 0.1) is 11.8 Å². The normalized spacial score (nSPS) is 20.5. The van der Waals surface area contributed by atoms with Crippen molar-refractivity contribution in [1.82, 2.24) is 19.7 Å². The summed E-state index contributed by atoms with van der Waals surface area (Å²) < 4.78 is 1.87. The summed E-state index contributed by atoms with van der Waals surface area (Å²) in [6, 6.07) is 5.93. The monoisotopic (exact) mass is 328 g/mol. The largest absolute Gasteiger partial charge is 0.391 e. The van der Waals surface area contributed by atoms with Gasteiger partial charge in [0.15, 0.2) is 0 Å². The van der Waals surface area contributed by atoms with Gasteiger partial charge in [-0.1, -0.05) is 0 Å². The number of pyridine rings is 1. The summed E-state index contributed by atoms with van der Waals surface area (Å²) in [7, 11) is 0. The van der Waals surface area contributed by atoms with Crippen LogP contribution in [-0.4, -0.2) is 49.9 Å². The fourth-order valence-corrected chi connectivity index (χ4v) is 3.34. The minimum Gasteiger partial charge on any atom is -0.391 e. The van der Waals surface area contributed by atoms with Crippen LogP contribution in [0.5, 0.6) is 0 Å². The van der Waals surface area contributed by atoms with Crippen molar-refractivity contribution in [3.8, 4) is 0 Å². The Bertz CT molecular complexity index is 698. The van der Waals surface area contributed by atoms with E-state index in [0.29, 0.717) is 26.1 Å². The van der Waals surface area contributed by atoms with Crippen molar-refractivity contribution in [1.29, 1.82) is 0 Å². The number of aryl methyl sites for hydroxylation is 3. The predicted molar refractivity (Wildman–Crippen MR) is 90.3 cm³/mol. The van der Waals surface area contributed by atoms with E-state index in [0.717, 1.165) is 23.4 Å². The highest BCUT2D eigenvalue weighted by molar-refractivity contribution is 5.76. The minimum atomic E-state index is -0.462. The number of aliphatic hydroxyl groups excluding tert-OH is 1. The Morgan fingerprint density at radius 1 is 1.29 bits per heavy atom. The first-order valence-corrected chi connectivity index (χ1v) is 8.38. The third kappa shape index (κ3) is 3.82. The molecular weight excluding hydrogens is 304 g/mol. The molecule has 1 aliphatic heterocycles. The predicted octanol–water partition coefficient (Wildman–Crippen LogP) is 1.35. The van der Waals surface area contributed by atoms with Crippen LogP contribution in [0.2, 0.25) is 0 Å². The van der Waals surface area contributed by atoms with E-state index in [9.17, 15) is 9.90 Å². The lowest BCUT2D eigenvalue weighted by molar-refractivity contribution is -0.130. The van der Waals surface area contributed by atoms with E-state index in [1.54, 1.807) is 17.3 Å². The maximum absolute atomic E-state index is 12.4. The van der Waals surface area contributed by atoms with Gasteiger partial charge in [0.25, 0.3) is 0 Å². The number of likely N-dealkylation sites (tertiary alicyclic amines) is 1. The molecule has 0 unspecified atom stereocenters.